The Hall–Kier alpha value is -2.80. The van der Waals surface area contributed by atoms with Gasteiger partial charge in [0.15, 0.2) is 0 Å². The van der Waals surface area contributed by atoms with Crippen LogP contribution in [0.3, 0.4) is 0 Å². The van der Waals surface area contributed by atoms with Crippen molar-refractivity contribution in [1.82, 2.24) is 9.80 Å². The summed E-state index contributed by atoms with van der Waals surface area (Å²) in [7, 11) is 8.40. The quantitative estimate of drug-likeness (QED) is 0.201. The number of anilines is 2. The zero-order valence-corrected chi connectivity index (χ0v) is 25.9. The molecule has 0 bridgehead atoms. The van der Waals surface area contributed by atoms with Gasteiger partial charge in [0.2, 0.25) is 0 Å². The van der Waals surface area contributed by atoms with E-state index in [-0.39, 0.29) is 18.5 Å². The van der Waals surface area contributed by atoms with Gasteiger partial charge in [0, 0.05) is 28.9 Å². The topological polar surface area (TPSA) is 19.0 Å². The third kappa shape index (κ3) is 8.60. The molecule has 5 rings (SSSR count). The molecule has 1 heterocycles. The maximum Gasteiger partial charge on any atom is 0.108 e. The molecular formula is C34H42ClN3OS. The van der Waals surface area contributed by atoms with Crippen molar-refractivity contribution in [3.63, 3.8) is 0 Å². The van der Waals surface area contributed by atoms with Crippen LogP contribution in [0.5, 0.6) is 0 Å². The third-order valence-corrected chi connectivity index (χ3v) is 8.02. The van der Waals surface area contributed by atoms with E-state index in [2.05, 4.69) is 147 Å². The van der Waals surface area contributed by atoms with Gasteiger partial charge in [0.05, 0.1) is 18.0 Å². The van der Waals surface area contributed by atoms with Gasteiger partial charge in [-0.05, 0) is 70.5 Å². The maximum atomic E-state index is 6.08. The minimum absolute atomic E-state index is 0. The number of halogens is 1. The number of hydrogen-bond acceptors (Lipinski definition) is 5. The molecule has 0 aliphatic carbocycles. The van der Waals surface area contributed by atoms with Gasteiger partial charge in [-0.1, -0.05) is 96.7 Å². The molecule has 40 heavy (non-hydrogen) atoms. The zero-order chi connectivity index (χ0) is 27.6. The largest absolute Gasteiger partial charge is 0.367 e. The van der Waals surface area contributed by atoms with Crippen molar-refractivity contribution >= 4 is 35.5 Å². The average Bonchev–Trinajstić information content (AvgIpc) is 2.96. The van der Waals surface area contributed by atoms with Crippen LogP contribution in [0.4, 0.5) is 11.4 Å². The molecule has 4 nitrogen and oxygen atoms in total. The average molecular weight is 576 g/mol. The highest BCUT2D eigenvalue weighted by molar-refractivity contribution is 7.99. The van der Waals surface area contributed by atoms with E-state index in [0.29, 0.717) is 6.04 Å². The second-order valence-corrected chi connectivity index (χ2v) is 11.4. The Kier molecular flexibility index (Phi) is 12.6. The van der Waals surface area contributed by atoms with Crippen LogP contribution in [0.25, 0.3) is 0 Å². The number of benzene rings is 4. The fourth-order valence-corrected chi connectivity index (χ4v) is 5.49. The van der Waals surface area contributed by atoms with Crippen LogP contribution in [0, 0.1) is 0 Å². The molecule has 0 radical (unpaired) electrons. The van der Waals surface area contributed by atoms with E-state index in [9.17, 15) is 0 Å². The highest BCUT2D eigenvalue weighted by Gasteiger charge is 2.24. The molecule has 0 fully saturated rings. The second kappa shape index (κ2) is 15.8. The molecule has 0 spiro atoms. The molecule has 0 N–H and O–H groups in total. The summed E-state index contributed by atoms with van der Waals surface area (Å²) < 4.78 is 6.08. The number of ether oxygens (including phenoxy) is 1. The first-order valence-corrected chi connectivity index (χ1v) is 14.4. The lowest BCUT2D eigenvalue weighted by atomic mass is 10.0. The Bertz CT molecular complexity index is 1200. The van der Waals surface area contributed by atoms with Gasteiger partial charge < -0.3 is 19.4 Å². The number of likely N-dealkylation sites (N-methyl/N-ethyl adjacent to an activating group) is 2. The van der Waals surface area contributed by atoms with E-state index in [1.54, 1.807) is 0 Å². The highest BCUT2D eigenvalue weighted by Crippen LogP contribution is 2.47. The van der Waals surface area contributed by atoms with Crippen molar-refractivity contribution < 1.29 is 4.74 Å². The standard InChI is InChI=1S/C17H20N2S.C17H21NO.ClH/c1-13(18(2)3)12-19-14-8-4-6-10-16(14)20-17-11-7-5-9-15(17)19;1-18(2)13-14-19-17(15-9-5-3-6-10-15)16-11-7-4-8-12-16;/h4-11,13H,12H2,1-3H3;3-12,17H,13-14H2,1-2H3;1H. The molecular weight excluding hydrogens is 534 g/mol. The van der Waals surface area contributed by atoms with Gasteiger partial charge in [0.1, 0.15) is 6.10 Å². The summed E-state index contributed by atoms with van der Waals surface area (Å²) >= 11 is 1.87. The monoisotopic (exact) mass is 575 g/mol. The molecule has 0 amide bonds. The Morgan fingerprint density at radius 1 is 0.675 bits per heavy atom. The van der Waals surface area contributed by atoms with Gasteiger partial charge in [0.25, 0.3) is 0 Å². The summed E-state index contributed by atoms with van der Waals surface area (Å²) in [6, 6.07) is 38.6. The predicted octanol–water partition coefficient (Wildman–Crippen LogP) is 8.02. The Morgan fingerprint density at radius 3 is 1.57 bits per heavy atom. The fourth-order valence-electron chi connectivity index (χ4n) is 4.40. The molecule has 1 aliphatic rings. The van der Waals surface area contributed by atoms with Crippen molar-refractivity contribution in [3.8, 4) is 0 Å². The Balaban J connectivity index is 0.000000215. The van der Waals surface area contributed by atoms with Crippen LogP contribution in [0.15, 0.2) is 119 Å². The molecule has 1 unspecified atom stereocenters. The van der Waals surface area contributed by atoms with Crippen LogP contribution < -0.4 is 4.90 Å². The Labute approximate surface area is 251 Å². The summed E-state index contributed by atoms with van der Waals surface area (Å²) in [6.45, 7) is 4.92. The van der Waals surface area contributed by atoms with Crippen molar-refractivity contribution in [2.24, 2.45) is 0 Å². The van der Waals surface area contributed by atoms with Crippen LogP contribution in [-0.2, 0) is 4.74 Å². The summed E-state index contributed by atoms with van der Waals surface area (Å²) in [5.74, 6) is 0. The third-order valence-electron chi connectivity index (χ3n) is 6.89. The number of para-hydroxylation sites is 2. The minimum Gasteiger partial charge on any atom is -0.367 e. The minimum atomic E-state index is 0. The van der Waals surface area contributed by atoms with Crippen LogP contribution in [0.2, 0.25) is 0 Å². The van der Waals surface area contributed by atoms with Gasteiger partial charge in [-0.3, -0.25) is 0 Å². The van der Waals surface area contributed by atoms with Gasteiger partial charge in [-0.2, -0.15) is 0 Å². The van der Waals surface area contributed by atoms with E-state index < -0.39 is 0 Å². The number of hydrogen-bond donors (Lipinski definition) is 0. The van der Waals surface area contributed by atoms with E-state index in [4.69, 9.17) is 4.74 Å². The van der Waals surface area contributed by atoms with Crippen LogP contribution in [0.1, 0.15) is 24.2 Å². The van der Waals surface area contributed by atoms with Crippen LogP contribution >= 0.6 is 24.2 Å². The first-order valence-electron chi connectivity index (χ1n) is 13.6. The van der Waals surface area contributed by atoms with Crippen molar-refractivity contribution in [3.05, 3.63) is 120 Å². The molecule has 6 heteroatoms. The normalized spacial score (nSPS) is 12.8. The molecule has 1 aliphatic heterocycles. The van der Waals surface area contributed by atoms with Gasteiger partial charge >= 0.3 is 0 Å². The lowest BCUT2D eigenvalue weighted by molar-refractivity contribution is 0.0687. The number of fused-ring (bicyclic) bond motifs is 2. The predicted molar refractivity (Wildman–Crippen MR) is 174 cm³/mol. The summed E-state index contributed by atoms with van der Waals surface area (Å²) in [5.41, 5.74) is 5.05. The van der Waals surface area contributed by atoms with Gasteiger partial charge in [-0.25, -0.2) is 0 Å². The molecule has 4 aromatic carbocycles. The molecule has 0 aromatic heterocycles. The van der Waals surface area contributed by atoms with E-state index >= 15 is 0 Å². The molecule has 212 valence electrons. The zero-order valence-electron chi connectivity index (χ0n) is 24.2. The summed E-state index contributed by atoms with van der Waals surface area (Å²) in [5, 5.41) is 0. The smallest absolute Gasteiger partial charge is 0.108 e. The van der Waals surface area contributed by atoms with Crippen molar-refractivity contribution in [2.45, 2.75) is 28.9 Å². The molecule has 0 saturated heterocycles. The lowest BCUT2D eigenvalue weighted by Crippen LogP contribution is -2.37. The van der Waals surface area contributed by atoms with Crippen LogP contribution in [-0.4, -0.2) is 63.7 Å². The van der Waals surface area contributed by atoms with Crippen molar-refractivity contribution in [1.29, 1.82) is 0 Å². The fraction of sp³-hybridized carbons (Fsp3) is 0.294. The highest BCUT2D eigenvalue weighted by atomic mass is 35.5. The van der Waals surface area contributed by atoms with E-state index in [0.717, 1.165) is 19.7 Å². The molecule has 0 saturated carbocycles. The second-order valence-electron chi connectivity index (χ2n) is 10.3. The molecule has 4 aromatic rings. The first kappa shape index (κ1) is 31.7. The van der Waals surface area contributed by atoms with Gasteiger partial charge in [-0.15, -0.1) is 12.4 Å². The van der Waals surface area contributed by atoms with E-state index in [1.807, 2.05) is 23.9 Å². The summed E-state index contributed by atoms with van der Waals surface area (Å²) in [6.07, 6.45) is 0.0161. The number of rotatable bonds is 9. The SMILES string of the molecule is CC(CN1c2ccccc2Sc2ccccc21)N(C)C.CN(C)CCOC(c1ccccc1)c1ccccc1.Cl. The number of nitrogens with zero attached hydrogens (tertiary/aromatic N) is 3. The maximum absolute atomic E-state index is 6.08. The summed E-state index contributed by atoms with van der Waals surface area (Å²) in [4.78, 5) is 9.54. The lowest BCUT2D eigenvalue weighted by Gasteiger charge is -2.36. The Morgan fingerprint density at radius 2 is 1.12 bits per heavy atom. The first-order chi connectivity index (χ1) is 18.9. The van der Waals surface area contributed by atoms with Crippen molar-refractivity contribution in [2.75, 3.05) is 52.8 Å². The molecule has 1 atom stereocenters. The van der Waals surface area contributed by atoms with E-state index in [1.165, 1.54) is 32.3 Å².